The van der Waals surface area contributed by atoms with Gasteiger partial charge in [0.15, 0.2) is 0 Å². The minimum absolute atomic E-state index is 0.0340. The Kier molecular flexibility index (Phi) is 3.92. The summed E-state index contributed by atoms with van der Waals surface area (Å²) in [6.45, 7) is 2.56. The number of carbonyl (C=O) groups excluding carboxylic acids is 1. The van der Waals surface area contributed by atoms with Crippen LogP contribution in [-0.2, 0) is 24.8 Å². The summed E-state index contributed by atoms with van der Waals surface area (Å²) in [6.07, 6.45) is 2.21. The summed E-state index contributed by atoms with van der Waals surface area (Å²) in [4.78, 5) is 16.4. The molecule has 4 heteroatoms. The topological polar surface area (TPSA) is 46.9 Å². The van der Waals surface area contributed by atoms with Crippen LogP contribution in [-0.4, -0.2) is 15.5 Å². The Morgan fingerprint density at radius 3 is 2.86 bits per heavy atom. The van der Waals surface area contributed by atoms with Crippen molar-refractivity contribution in [1.29, 1.82) is 0 Å². The molecule has 2 aromatic carbocycles. The van der Waals surface area contributed by atoms with Crippen LogP contribution >= 0.6 is 0 Å². The van der Waals surface area contributed by atoms with Gasteiger partial charge in [0.05, 0.1) is 23.8 Å². The Morgan fingerprint density at radius 1 is 1.18 bits per heavy atom. The predicted octanol–water partition coefficient (Wildman–Crippen LogP) is 2.74. The molecule has 1 N–H and O–H groups in total. The van der Waals surface area contributed by atoms with E-state index < -0.39 is 0 Å². The van der Waals surface area contributed by atoms with Gasteiger partial charge in [-0.15, -0.1) is 0 Å². The van der Waals surface area contributed by atoms with Gasteiger partial charge in [-0.25, -0.2) is 4.98 Å². The summed E-state index contributed by atoms with van der Waals surface area (Å²) >= 11 is 0. The molecule has 1 heterocycles. The van der Waals surface area contributed by atoms with Crippen LogP contribution in [0.5, 0.6) is 0 Å². The second-order valence-corrected chi connectivity index (χ2v) is 5.62. The van der Waals surface area contributed by atoms with Gasteiger partial charge in [0, 0.05) is 13.6 Å². The zero-order chi connectivity index (χ0) is 15.5. The number of aromatic nitrogens is 2. The zero-order valence-corrected chi connectivity index (χ0v) is 12.8. The number of aryl methyl sites for hydroxylation is 2. The molecular formula is C18H19N3O. The van der Waals surface area contributed by atoms with Crippen LogP contribution in [0.4, 0.5) is 0 Å². The number of rotatable bonds is 4. The first-order valence-electron chi connectivity index (χ1n) is 7.34. The van der Waals surface area contributed by atoms with Crippen molar-refractivity contribution in [1.82, 2.24) is 14.9 Å². The SMILES string of the molecule is Cc1cccc(CC(=O)NCc2ccc3c(c2)ncn3C)c1. The number of hydrogen-bond acceptors (Lipinski definition) is 2. The van der Waals surface area contributed by atoms with Crippen molar-refractivity contribution in [2.24, 2.45) is 7.05 Å². The lowest BCUT2D eigenvalue weighted by atomic mass is 10.1. The fraction of sp³-hybridized carbons (Fsp3) is 0.222. The maximum Gasteiger partial charge on any atom is 0.224 e. The fourth-order valence-corrected chi connectivity index (χ4v) is 2.56. The van der Waals surface area contributed by atoms with Gasteiger partial charge in [-0.2, -0.15) is 0 Å². The highest BCUT2D eigenvalue weighted by atomic mass is 16.1. The standard InChI is InChI=1S/C18H19N3O/c1-13-4-3-5-14(8-13)10-18(22)19-11-15-6-7-17-16(9-15)20-12-21(17)2/h3-9,12H,10-11H2,1-2H3,(H,19,22). The van der Waals surface area contributed by atoms with Gasteiger partial charge in [0.25, 0.3) is 0 Å². The number of carbonyl (C=O) groups is 1. The molecule has 0 aliphatic heterocycles. The lowest BCUT2D eigenvalue weighted by Gasteiger charge is -2.06. The molecule has 0 radical (unpaired) electrons. The molecule has 1 aromatic heterocycles. The predicted molar refractivity (Wildman–Crippen MR) is 87.4 cm³/mol. The van der Waals surface area contributed by atoms with Gasteiger partial charge < -0.3 is 9.88 Å². The van der Waals surface area contributed by atoms with E-state index in [0.29, 0.717) is 13.0 Å². The average molecular weight is 293 g/mol. The van der Waals surface area contributed by atoms with E-state index in [0.717, 1.165) is 22.2 Å². The van der Waals surface area contributed by atoms with Crippen molar-refractivity contribution in [3.8, 4) is 0 Å². The summed E-state index contributed by atoms with van der Waals surface area (Å²) in [5.74, 6) is 0.0340. The van der Waals surface area contributed by atoms with Crippen LogP contribution in [0.2, 0.25) is 0 Å². The molecule has 1 amide bonds. The molecule has 0 saturated carbocycles. The molecule has 0 unspecified atom stereocenters. The second kappa shape index (κ2) is 6.02. The third-order valence-corrected chi connectivity index (χ3v) is 3.73. The van der Waals surface area contributed by atoms with E-state index in [1.165, 1.54) is 5.56 Å². The minimum atomic E-state index is 0.0340. The molecule has 0 bridgehead atoms. The molecule has 4 nitrogen and oxygen atoms in total. The summed E-state index contributed by atoms with van der Waals surface area (Å²) in [6, 6.07) is 14.1. The van der Waals surface area contributed by atoms with Crippen LogP contribution in [0.1, 0.15) is 16.7 Å². The van der Waals surface area contributed by atoms with Gasteiger partial charge in [-0.05, 0) is 30.2 Å². The largest absolute Gasteiger partial charge is 0.352 e. The third-order valence-electron chi connectivity index (χ3n) is 3.73. The van der Waals surface area contributed by atoms with Crippen molar-refractivity contribution >= 4 is 16.9 Å². The Bertz CT molecular complexity index is 820. The highest BCUT2D eigenvalue weighted by Gasteiger charge is 2.05. The van der Waals surface area contributed by atoms with Crippen LogP contribution in [0.25, 0.3) is 11.0 Å². The number of imidazole rings is 1. The zero-order valence-electron chi connectivity index (χ0n) is 12.8. The van der Waals surface area contributed by atoms with Crippen LogP contribution < -0.4 is 5.32 Å². The molecule has 0 fully saturated rings. The van der Waals surface area contributed by atoms with E-state index >= 15 is 0 Å². The Hall–Kier alpha value is -2.62. The van der Waals surface area contributed by atoms with Crippen molar-refractivity contribution in [3.63, 3.8) is 0 Å². The molecule has 22 heavy (non-hydrogen) atoms. The van der Waals surface area contributed by atoms with Crippen molar-refractivity contribution in [2.45, 2.75) is 19.9 Å². The highest BCUT2D eigenvalue weighted by molar-refractivity contribution is 5.79. The quantitative estimate of drug-likeness (QED) is 0.804. The van der Waals surface area contributed by atoms with Gasteiger partial charge in [0.1, 0.15) is 0 Å². The van der Waals surface area contributed by atoms with E-state index in [1.54, 1.807) is 6.33 Å². The lowest BCUT2D eigenvalue weighted by Crippen LogP contribution is -2.24. The molecule has 0 spiro atoms. The first kappa shape index (κ1) is 14.3. The summed E-state index contributed by atoms with van der Waals surface area (Å²) in [7, 11) is 1.97. The third kappa shape index (κ3) is 3.17. The smallest absolute Gasteiger partial charge is 0.224 e. The highest BCUT2D eigenvalue weighted by Crippen LogP contribution is 2.13. The van der Waals surface area contributed by atoms with Crippen LogP contribution in [0, 0.1) is 6.92 Å². The van der Waals surface area contributed by atoms with Gasteiger partial charge >= 0.3 is 0 Å². The van der Waals surface area contributed by atoms with Crippen molar-refractivity contribution in [2.75, 3.05) is 0 Å². The average Bonchev–Trinajstić information content (AvgIpc) is 2.86. The molecular weight excluding hydrogens is 274 g/mol. The number of nitrogens with one attached hydrogen (secondary N) is 1. The summed E-state index contributed by atoms with van der Waals surface area (Å²) in [5, 5.41) is 2.96. The Morgan fingerprint density at radius 2 is 2.05 bits per heavy atom. The number of amides is 1. The number of hydrogen-bond donors (Lipinski definition) is 1. The number of nitrogens with zero attached hydrogens (tertiary/aromatic N) is 2. The molecule has 0 atom stereocenters. The summed E-state index contributed by atoms with van der Waals surface area (Å²) < 4.78 is 1.98. The number of benzene rings is 2. The van der Waals surface area contributed by atoms with Gasteiger partial charge in [-0.3, -0.25) is 4.79 Å². The second-order valence-electron chi connectivity index (χ2n) is 5.62. The van der Waals surface area contributed by atoms with Crippen LogP contribution in [0.15, 0.2) is 48.8 Å². The number of fused-ring (bicyclic) bond motifs is 1. The van der Waals surface area contributed by atoms with Crippen LogP contribution in [0.3, 0.4) is 0 Å². The van der Waals surface area contributed by atoms with Gasteiger partial charge in [-0.1, -0.05) is 35.9 Å². The molecule has 0 aliphatic carbocycles. The van der Waals surface area contributed by atoms with Crippen molar-refractivity contribution < 1.29 is 4.79 Å². The van der Waals surface area contributed by atoms with E-state index in [-0.39, 0.29) is 5.91 Å². The monoisotopic (exact) mass is 293 g/mol. The first-order valence-corrected chi connectivity index (χ1v) is 7.34. The maximum absolute atomic E-state index is 12.0. The first-order chi connectivity index (χ1) is 10.6. The summed E-state index contributed by atoms with van der Waals surface area (Å²) in [5.41, 5.74) is 5.31. The fourth-order valence-electron chi connectivity index (χ4n) is 2.56. The van der Waals surface area contributed by atoms with E-state index in [9.17, 15) is 4.79 Å². The van der Waals surface area contributed by atoms with E-state index in [1.807, 2.05) is 61.0 Å². The Labute approximate surface area is 129 Å². The maximum atomic E-state index is 12.0. The van der Waals surface area contributed by atoms with Crippen molar-refractivity contribution in [3.05, 3.63) is 65.5 Å². The molecule has 3 aromatic rings. The molecule has 3 rings (SSSR count). The molecule has 0 aliphatic rings. The molecule has 0 saturated heterocycles. The Balaban J connectivity index is 1.62. The van der Waals surface area contributed by atoms with E-state index in [2.05, 4.69) is 10.3 Å². The van der Waals surface area contributed by atoms with E-state index in [4.69, 9.17) is 0 Å². The normalized spacial score (nSPS) is 10.8. The molecule has 112 valence electrons. The minimum Gasteiger partial charge on any atom is -0.352 e. The van der Waals surface area contributed by atoms with Gasteiger partial charge in [0.2, 0.25) is 5.91 Å². The lowest BCUT2D eigenvalue weighted by molar-refractivity contribution is -0.120.